The highest BCUT2D eigenvalue weighted by molar-refractivity contribution is 7.07. The van der Waals surface area contributed by atoms with Crippen molar-refractivity contribution in [2.75, 3.05) is 6.54 Å². The van der Waals surface area contributed by atoms with Gasteiger partial charge in [-0.15, -0.1) is 23.7 Å². The lowest BCUT2D eigenvalue weighted by Gasteiger charge is -2.19. The van der Waals surface area contributed by atoms with Crippen molar-refractivity contribution in [1.82, 2.24) is 9.88 Å². The lowest BCUT2D eigenvalue weighted by atomic mass is 10.0. The molecule has 90 valence electrons. The maximum absolute atomic E-state index is 11.8. The fourth-order valence-electron chi connectivity index (χ4n) is 1.67. The van der Waals surface area contributed by atoms with Crippen molar-refractivity contribution >= 4 is 29.7 Å². The molecular formula is C10H16ClN3OS. The Morgan fingerprint density at radius 1 is 1.62 bits per heavy atom. The zero-order valence-corrected chi connectivity index (χ0v) is 10.8. The molecule has 1 aromatic heterocycles. The van der Waals surface area contributed by atoms with Crippen molar-refractivity contribution in [1.29, 1.82) is 0 Å². The molecule has 6 heteroatoms. The fourth-order valence-corrected chi connectivity index (χ4v) is 2.40. The third kappa shape index (κ3) is 3.17. The number of aromatic nitrogens is 1. The van der Waals surface area contributed by atoms with Gasteiger partial charge in [0.25, 0.3) is 5.91 Å². The molecule has 2 heterocycles. The van der Waals surface area contributed by atoms with Crippen LogP contribution in [0, 0.1) is 0 Å². The molecule has 16 heavy (non-hydrogen) atoms. The van der Waals surface area contributed by atoms with Crippen molar-refractivity contribution in [2.24, 2.45) is 12.0 Å². The number of hydrogen-bond acceptors (Lipinski definition) is 3. The standard InChI is InChI=1S/C10H15N3OS.ClH/c1-13-6-7-15-10(13)12-9(14)8-4-2-3-5-11-8;/h6-8,11H,2-5H2,1H3;1H. The topological polar surface area (TPSA) is 46.4 Å². The van der Waals surface area contributed by atoms with Crippen LogP contribution in [-0.4, -0.2) is 23.1 Å². The van der Waals surface area contributed by atoms with Crippen LogP contribution < -0.4 is 10.1 Å². The Labute approximate surface area is 105 Å². The van der Waals surface area contributed by atoms with Gasteiger partial charge in [-0.3, -0.25) is 4.79 Å². The van der Waals surface area contributed by atoms with Crippen LogP contribution in [0.2, 0.25) is 0 Å². The molecule has 0 spiro atoms. The fraction of sp³-hybridized carbons (Fsp3) is 0.600. The Hall–Kier alpha value is -0.650. The summed E-state index contributed by atoms with van der Waals surface area (Å²) in [4.78, 5) is 16.7. The molecule has 0 radical (unpaired) electrons. The average molecular weight is 262 g/mol. The van der Waals surface area contributed by atoms with E-state index in [-0.39, 0.29) is 24.4 Å². The van der Waals surface area contributed by atoms with E-state index in [0.29, 0.717) is 0 Å². The van der Waals surface area contributed by atoms with E-state index in [0.717, 1.165) is 30.6 Å². The normalized spacial score (nSPS) is 21.6. The van der Waals surface area contributed by atoms with E-state index >= 15 is 0 Å². The molecular weight excluding hydrogens is 246 g/mol. The van der Waals surface area contributed by atoms with Crippen LogP contribution in [0.3, 0.4) is 0 Å². The molecule has 1 unspecified atom stereocenters. The Bertz CT molecular complexity index is 406. The van der Waals surface area contributed by atoms with Crippen LogP contribution >= 0.6 is 23.7 Å². The molecule has 1 aliphatic rings. The summed E-state index contributed by atoms with van der Waals surface area (Å²) in [6.07, 6.45) is 5.11. The molecule has 0 aromatic carbocycles. The summed E-state index contributed by atoms with van der Waals surface area (Å²) in [6, 6.07) is -0.0687. The van der Waals surface area contributed by atoms with Gasteiger partial charge in [0.05, 0.1) is 6.04 Å². The summed E-state index contributed by atoms with van der Waals surface area (Å²) >= 11 is 1.49. The van der Waals surface area contributed by atoms with Gasteiger partial charge in [-0.2, -0.15) is 4.99 Å². The number of thiazole rings is 1. The minimum absolute atomic E-state index is 0. The van der Waals surface area contributed by atoms with Gasteiger partial charge in [-0.1, -0.05) is 6.42 Å². The first-order valence-electron chi connectivity index (χ1n) is 5.19. The number of halogens is 1. The predicted molar refractivity (Wildman–Crippen MR) is 66.7 cm³/mol. The van der Waals surface area contributed by atoms with E-state index in [4.69, 9.17) is 0 Å². The molecule has 0 aliphatic carbocycles. The number of carbonyl (C=O) groups excluding carboxylic acids is 1. The van der Waals surface area contributed by atoms with Crippen molar-refractivity contribution < 1.29 is 4.79 Å². The number of piperidine rings is 1. The molecule has 1 aliphatic heterocycles. The van der Waals surface area contributed by atoms with Crippen molar-refractivity contribution in [3.05, 3.63) is 16.4 Å². The SMILES string of the molecule is Cl.Cn1ccsc1=NC(=O)C1CCCCN1. The summed E-state index contributed by atoms with van der Waals surface area (Å²) in [7, 11) is 1.90. The van der Waals surface area contributed by atoms with Gasteiger partial charge in [0.2, 0.25) is 0 Å². The second-order valence-electron chi connectivity index (χ2n) is 3.75. The third-order valence-corrected chi connectivity index (χ3v) is 3.42. The van der Waals surface area contributed by atoms with Crippen molar-refractivity contribution in [3.63, 3.8) is 0 Å². The first kappa shape index (κ1) is 13.4. The lowest BCUT2D eigenvalue weighted by Crippen LogP contribution is -2.40. The molecule has 1 fully saturated rings. The number of aryl methyl sites for hydroxylation is 1. The van der Waals surface area contributed by atoms with Gasteiger partial charge < -0.3 is 9.88 Å². The van der Waals surface area contributed by atoms with Crippen LogP contribution in [-0.2, 0) is 11.8 Å². The molecule has 1 amide bonds. The average Bonchev–Trinajstić information content (AvgIpc) is 2.66. The molecule has 1 aromatic rings. The third-order valence-electron chi connectivity index (χ3n) is 2.57. The Morgan fingerprint density at radius 3 is 3.00 bits per heavy atom. The maximum Gasteiger partial charge on any atom is 0.265 e. The van der Waals surface area contributed by atoms with Gasteiger partial charge in [-0.05, 0) is 19.4 Å². The number of carbonyl (C=O) groups is 1. The van der Waals surface area contributed by atoms with Crippen molar-refractivity contribution in [2.45, 2.75) is 25.3 Å². The minimum atomic E-state index is -0.0687. The molecule has 4 nitrogen and oxygen atoms in total. The smallest absolute Gasteiger partial charge is 0.265 e. The van der Waals surface area contributed by atoms with Crippen LogP contribution in [0.15, 0.2) is 16.6 Å². The number of hydrogen-bond donors (Lipinski definition) is 1. The Kier molecular flexibility index (Phi) is 5.18. The number of amides is 1. The molecule has 2 rings (SSSR count). The second kappa shape index (κ2) is 6.18. The van der Waals surface area contributed by atoms with E-state index in [1.54, 1.807) is 0 Å². The van der Waals surface area contributed by atoms with Gasteiger partial charge in [0, 0.05) is 18.6 Å². The number of nitrogens with zero attached hydrogens (tertiary/aromatic N) is 2. The highest BCUT2D eigenvalue weighted by Gasteiger charge is 2.19. The molecule has 1 saturated heterocycles. The first-order chi connectivity index (χ1) is 7.27. The predicted octanol–water partition coefficient (Wildman–Crippen LogP) is 1.08. The molecule has 0 saturated carbocycles. The Balaban J connectivity index is 0.00000128. The van der Waals surface area contributed by atoms with E-state index in [1.807, 2.05) is 23.2 Å². The largest absolute Gasteiger partial charge is 0.327 e. The van der Waals surface area contributed by atoms with Crippen LogP contribution in [0.4, 0.5) is 0 Å². The van der Waals surface area contributed by atoms with E-state index in [1.165, 1.54) is 11.3 Å². The summed E-state index contributed by atoms with van der Waals surface area (Å²) in [5.74, 6) is -0.0345. The van der Waals surface area contributed by atoms with E-state index in [9.17, 15) is 4.79 Å². The first-order valence-corrected chi connectivity index (χ1v) is 6.07. The van der Waals surface area contributed by atoms with Crippen molar-refractivity contribution in [3.8, 4) is 0 Å². The van der Waals surface area contributed by atoms with E-state index in [2.05, 4.69) is 10.3 Å². The number of rotatable bonds is 1. The zero-order chi connectivity index (χ0) is 10.7. The second-order valence-corrected chi connectivity index (χ2v) is 4.62. The summed E-state index contributed by atoms with van der Waals surface area (Å²) < 4.78 is 1.87. The number of nitrogens with one attached hydrogen (secondary N) is 1. The molecule has 1 N–H and O–H groups in total. The molecule has 1 atom stereocenters. The van der Waals surface area contributed by atoms with Crippen LogP contribution in [0.1, 0.15) is 19.3 Å². The van der Waals surface area contributed by atoms with E-state index < -0.39 is 0 Å². The summed E-state index contributed by atoms with van der Waals surface area (Å²) in [5.41, 5.74) is 0. The van der Waals surface area contributed by atoms with Gasteiger partial charge in [0.15, 0.2) is 4.80 Å². The highest BCUT2D eigenvalue weighted by Crippen LogP contribution is 2.07. The van der Waals surface area contributed by atoms with Crippen LogP contribution in [0.25, 0.3) is 0 Å². The lowest BCUT2D eigenvalue weighted by molar-refractivity contribution is -0.120. The zero-order valence-electron chi connectivity index (χ0n) is 9.18. The molecule has 0 bridgehead atoms. The van der Waals surface area contributed by atoms with Gasteiger partial charge >= 0.3 is 0 Å². The summed E-state index contributed by atoms with van der Waals surface area (Å²) in [5, 5.41) is 5.13. The maximum atomic E-state index is 11.8. The minimum Gasteiger partial charge on any atom is -0.327 e. The van der Waals surface area contributed by atoms with Crippen LogP contribution in [0.5, 0.6) is 0 Å². The summed E-state index contributed by atoms with van der Waals surface area (Å²) in [6.45, 7) is 0.933. The quantitative estimate of drug-likeness (QED) is 0.822. The Morgan fingerprint density at radius 2 is 2.44 bits per heavy atom. The van der Waals surface area contributed by atoms with Gasteiger partial charge in [-0.25, -0.2) is 0 Å². The van der Waals surface area contributed by atoms with Gasteiger partial charge in [0.1, 0.15) is 0 Å². The monoisotopic (exact) mass is 261 g/mol. The highest BCUT2D eigenvalue weighted by atomic mass is 35.5.